The van der Waals surface area contributed by atoms with E-state index < -0.39 is 6.03 Å². The molecule has 0 aromatic heterocycles. The number of likely N-dealkylation sites (N-methyl/N-ethyl adjacent to an activating group) is 1. The van der Waals surface area contributed by atoms with E-state index in [0.29, 0.717) is 0 Å². The van der Waals surface area contributed by atoms with Gasteiger partial charge in [-0.1, -0.05) is 26.0 Å². The van der Waals surface area contributed by atoms with Crippen LogP contribution in [0.4, 0.5) is 10.5 Å². The zero-order chi connectivity index (χ0) is 15.0. The van der Waals surface area contributed by atoms with Crippen molar-refractivity contribution in [3.63, 3.8) is 0 Å². The number of urea groups is 1. The minimum atomic E-state index is -0.539. The van der Waals surface area contributed by atoms with E-state index in [1.54, 1.807) is 0 Å². The summed E-state index contributed by atoms with van der Waals surface area (Å²) in [6.45, 7) is 10.7. The van der Waals surface area contributed by atoms with E-state index in [2.05, 4.69) is 36.3 Å². The number of anilines is 1. The van der Waals surface area contributed by atoms with Crippen molar-refractivity contribution in [2.45, 2.75) is 26.8 Å². The molecule has 1 aromatic carbocycles. The van der Waals surface area contributed by atoms with Gasteiger partial charge >= 0.3 is 6.03 Å². The second-order valence-corrected chi connectivity index (χ2v) is 4.81. The van der Waals surface area contributed by atoms with Gasteiger partial charge in [0.2, 0.25) is 0 Å². The van der Waals surface area contributed by atoms with Crippen molar-refractivity contribution in [3.05, 3.63) is 29.8 Å². The van der Waals surface area contributed by atoms with Crippen LogP contribution in [0, 0.1) is 0 Å². The van der Waals surface area contributed by atoms with Crippen LogP contribution in [0.3, 0.4) is 0 Å². The smallest absolute Gasteiger partial charge is 0.316 e. The van der Waals surface area contributed by atoms with Gasteiger partial charge < -0.3 is 21.3 Å². The molecule has 0 aliphatic carbocycles. The van der Waals surface area contributed by atoms with E-state index in [4.69, 9.17) is 5.73 Å². The monoisotopic (exact) mass is 278 g/mol. The first kappa shape index (κ1) is 16.5. The average molecular weight is 278 g/mol. The Balaban J connectivity index is 2.43. The summed E-state index contributed by atoms with van der Waals surface area (Å²) in [5.74, 6) is 0. The van der Waals surface area contributed by atoms with Crippen molar-refractivity contribution in [2.24, 2.45) is 5.73 Å². The molecule has 1 unspecified atom stereocenters. The molecule has 0 aliphatic heterocycles. The Labute approximate surface area is 121 Å². The molecule has 4 N–H and O–H groups in total. The maximum Gasteiger partial charge on any atom is 0.316 e. The molecule has 0 radical (unpaired) electrons. The number of carbonyl (C=O) groups excluding carboxylic acids is 1. The van der Waals surface area contributed by atoms with Gasteiger partial charge in [-0.15, -0.1) is 0 Å². The van der Waals surface area contributed by atoms with Gasteiger partial charge in [0.1, 0.15) is 0 Å². The van der Waals surface area contributed by atoms with Crippen molar-refractivity contribution in [1.82, 2.24) is 10.2 Å². The largest absolute Gasteiger partial charge is 0.351 e. The molecule has 0 bridgehead atoms. The number of primary amides is 1. The van der Waals surface area contributed by atoms with Crippen molar-refractivity contribution in [2.75, 3.05) is 31.5 Å². The molecule has 112 valence electrons. The van der Waals surface area contributed by atoms with Gasteiger partial charge in [-0.2, -0.15) is 0 Å². The summed E-state index contributed by atoms with van der Waals surface area (Å²) in [5.41, 5.74) is 6.99. The molecule has 0 spiro atoms. The average Bonchev–Trinajstić information content (AvgIpc) is 2.43. The Morgan fingerprint density at radius 1 is 1.25 bits per heavy atom. The van der Waals surface area contributed by atoms with Gasteiger partial charge in [0.05, 0.1) is 0 Å². The van der Waals surface area contributed by atoms with Gasteiger partial charge in [0, 0.05) is 24.8 Å². The molecule has 5 nitrogen and oxygen atoms in total. The molecule has 0 saturated heterocycles. The minimum absolute atomic E-state index is 0.285. The number of rotatable bonds is 8. The highest BCUT2D eigenvalue weighted by molar-refractivity contribution is 5.87. The number of benzene rings is 1. The molecule has 20 heavy (non-hydrogen) atoms. The quantitative estimate of drug-likeness (QED) is 0.682. The SMILES string of the molecule is CCN(CC)CCNC(C)c1ccc(NC(N)=O)cc1. The topological polar surface area (TPSA) is 70.4 Å². The van der Waals surface area contributed by atoms with Gasteiger partial charge in [0.25, 0.3) is 0 Å². The first-order valence-electron chi connectivity index (χ1n) is 7.19. The maximum atomic E-state index is 10.7. The summed E-state index contributed by atoms with van der Waals surface area (Å²) in [4.78, 5) is 13.1. The molecular formula is C15H26N4O. The highest BCUT2D eigenvalue weighted by Gasteiger charge is 2.06. The van der Waals surface area contributed by atoms with Gasteiger partial charge in [-0.05, 0) is 37.7 Å². The highest BCUT2D eigenvalue weighted by Crippen LogP contribution is 2.15. The van der Waals surface area contributed by atoms with Crippen molar-refractivity contribution in [3.8, 4) is 0 Å². The lowest BCUT2D eigenvalue weighted by Crippen LogP contribution is -2.33. The number of carbonyl (C=O) groups is 1. The molecule has 0 fully saturated rings. The van der Waals surface area contributed by atoms with Crippen molar-refractivity contribution in [1.29, 1.82) is 0 Å². The van der Waals surface area contributed by atoms with Crippen LogP contribution in [-0.2, 0) is 0 Å². The molecule has 0 heterocycles. The standard InChI is InChI=1S/C15H26N4O/c1-4-19(5-2)11-10-17-12(3)13-6-8-14(9-7-13)18-15(16)20/h6-9,12,17H,4-5,10-11H2,1-3H3,(H3,16,18,20). The zero-order valence-electron chi connectivity index (χ0n) is 12.6. The summed E-state index contributed by atoms with van der Waals surface area (Å²) < 4.78 is 0. The number of nitrogens with one attached hydrogen (secondary N) is 2. The van der Waals surface area contributed by atoms with Crippen LogP contribution < -0.4 is 16.4 Å². The Hall–Kier alpha value is -1.59. The third-order valence-electron chi connectivity index (χ3n) is 3.45. The predicted molar refractivity (Wildman–Crippen MR) is 83.9 cm³/mol. The van der Waals surface area contributed by atoms with Gasteiger partial charge in [-0.25, -0.2) is 4.79 Å². The Morgan fingerprint density at radius 3 is 2.35 bits per heavy atom. The number of amides is 2. The Bertz CT molecular complexity index is 401. The van der Waals surface area contributed by atoms with Gasteiger partial charge in [0.15, 0.2) is 0 Å². The fraction of sp³-hybridized carbons (Fsp3) is 0.533. The zero-order valence-corrected chi connectivity index (χ0v) is 12.6. The van der Waals surface area contributed by atoms with E-state index >= 15 is 0 Å². The Kier molecular flexibility index (Phi) is 7.04. The van der Waals surface area contributed by atoms with E-state index in [-0.39, 0.29) is 6.04 Å². The second-order valence-electron chi connectivity index (χ2n) is 4.81. The normalized spacial score (nSPS) is 12.4. The van der Waals surface area contributed by atoms with E-state index in [1.165, 1.54) is 5.56 Å². The number of hydrogen-bond donors (Lipinski definition) is 3. The lowest BCUT2D eigenvalue weighted by atomic mass is 10.1. The second kappa shape index (κ2) is 8.55. The van der Waals surface area contributed by atoms with Crippen LogP contribution >= 0.6 is 0 Å². The Morgan fingerprint density at radius 2 is 1.85 bits per heavy atom. The van der Waals surface area contributed by atoms with Crippen LogP contribution in [0.5, 0.6) is 0 Å². The molecule has 1 atom stereocenters. The molecule has 0 aliphatic rings. The summed E-state index contributed by atoms with van der Waals surface area (Å²) in [6, 6.07) is 7.47. The lowest BCUT2D eigenvalue weighted by molar-refractivity contribution is 0.259. The number of hydrogen-bond acceptors (Lipinski definition) is 3. The van der Waals surface area contributed by atoms with Crippen molar-refractivity contribution >= 4 is 11.7 Å². The lowest BCUT2D eigenvalue weighted by Gasteiger charge is -2.20. The van der Waals surface area contributed by atoms with Crippen LogP contribution in [-0.4, -0.2) is 37.1 Å². The van der Waals surface area contributed by atoms with E-state index in [1.807, 2.05) is 24.3 Å². The molecular weight excluding hydrogens is 252 g/mol. The highest BCUT2D eigenvalue weighted by atomic mass is 16.2. The molecule has 5 heteroatoms. The van der Waals surface area contributed by atoms with Crippen molar-refractivity contribution < 1.29 is 4.79 Å². The van der Waals surface area contributed by atoms with Crippen LogP contribution in [0.2, 0.25) is 0 Å². The summed E-state index contributed by atoms with van der Waals surface area (Å²) in [6.07, 6.45) is 0. The van der Waals surface area contributed by atoms with Gasteiger partial charge in [-0.3, -0.25) is 0 Å². The number of nitrogens with zero attached hydrogens (tertiary/aromatic N) is 1. The van der Waals surface area contributed by atoms with Crippen LogP contribution in [0.15, 0.2) is 24.3 Å². The molecule has 2 amide bonds. The molecule has 0 saturated carbocycles. The summed E-state index contributed by atoms with van der Waals surface area (Å²) in [5, 5.41) is 6.06. The molecule has 1 aromatic rings. The first-order chi connectivity index (χ1) is 9.56. The van der Waals surface area contributed by atoms with Crippen LogP contribution in [0.1, 0.15) is 32.4 Å². The fourth-order valence-corrected chi connectivity index (χ4v) is 2.09. The van der Waals surface area contributed by atoms with Crippen LogP contribution in [0.25, 0.3) is 0 Å². The fourth-order valence-electron chi connectivity index (χ4n) is 2.09. The summed E-state index contributed by atoms with van der Waals surface area (Å²) >= 11 is 0. The van der Waals surface area contributed by atoms with E-state index in [0.717, 1.165) is 31.9 Å². The number of nitrogens with two attached hydrogens (primary N) is 1. The molecule has 1 rings (SSSR count). The maximum absolute atomic E-state index is 10.7. The summed E-state index contributed by atoms with van der Waals surface area (Å²) in [7, 11) is 0. The first-order valence-corrected chi connectivity index (χ1v) is 7.19. The third kappa shape index (κ3) is 5.59. The van der Waals surface area contributed by atoms with E-state index in [9.17, 15) is 4.79 Å². The third-order valence-corrected chi connectivity index (χ3v) is 3.45. The minimum Gasteiger partial charge on any atom is -0.351 e. The predicted octanol–water partition coefficient (Wildman–Crippen LogP) is 2.17.